The summed E-state index contributed by atoms with van der Waals surface area (Å²) in [6.07, 6.45) is 1.60. The summed E-state index contributed by atoms with van der Waals surface area (Å²) in [5.74, 6) is -1.07. The molecule has 0 fully saturated rings. The van der Waals surface area contributed by atoms with E-state index < -0.39 is 22.4 Å². The predicted octanol–water partition coefficient (Wildman–Crippen LogP) is -1.28. The Bertz CT molecular complexity index is 290. The summed E-state index contributed by atoms with van der Waals surface area (Å²) in [5, 5.41) is 0. The standard InChI is InChI=1S/C6H14N2O6S/c7-4-2-1-3-5(8)6(9)13-14-15(10,11)12/h5H,1-4,7-8H2,(H,10,11,12). The Morgan fingerprint density at radius 1 is 1.40 bits per heavy atom. The molecule has 0 saturated carbocycles. The van der Waals surface area contributed by atoms with Crippen molar-refractivity contribution in [3.8, 4) is 0 Å². The van der Waals surface area contributed by atoms with E-state index in [0.29, 0.717) is 25.8 Å². The largest absolute Gasteiger partial charge is 0.432 e. The number of carbonyl (C=O) groups excluding carboxylic acids is 1. The highest BCUT2D eigenvalue weighted by atomic mass is 32.3. The molecule has 15 heavy (non-hydrogen) atoms. The zero-order valence-corrected chi connectivity index (χ0v) is 8.77. The highest BCUT2D eigenvalue weighted by Crippen LogP contribution is 2.01. The van der Waals surface area contributed by atoms with Gasteiger partial charge in [0.1, 0.15) is 6.04 Å². The molecular formula is C6H14N2O6S. The smallest absolute Gasteiger partial charge is 0.330 e. The van der Waals surface area contributed by atoms with Gasteiger partial charge in [0.25, 0.3) is 0 Å². The van der Waals surface area contributed by atoms with Crippen LogP contribution in [0.4, 0.5) is 0 Å². The molecule has 0 amide bonds. The van der Waals surface area contributed by atoms with Gasteiger partial charge < -0.3 is 11.5 Å². The van der Waals surface area contributed by atoms with Crippen LogP contribution in [0.2, 0.25) is 0 Å². The molecule has 0 rings (SSSR count). The maximum Gasteiger partial charge on any atom is 0.432 e. The van der Waals surface area contributed by atoms with Crippen molar-refractivity contribution in [3.63, 3.8) is 0 Å². The first kappa shape index (κ1) is 14.3. The minimum atomic E-state index is -4.80. The summed E-state index contributed by atoms with van der Waals surface area (Å²) in [6, 6.07) is -1.00. The van der Waals surface area contributed by atoms with Crippen LogP contribution >= 0.6 is 0 Å². The highest BCUT2D eigenvalue weighted by Gasteiger charge is 2.18. The van der Waals surface area contributed by atoms with Crippen LogP contribution in [-0.4, -0.2) is 31.5 Å². The van der Waals surface area contributed by atoms with Gasteiger partial charge in [0.2, 0.25) is 0 Å². The van der Waals surface area contributed by atoms with E-state index in [1.54, 1.807) is 0 Å². The summed E-state index contributed by atoms with van der Waals surface area (Å²) in [5.41, 5.74) is 10.5. The number of unbranched alkanes of at least 4 members (excludes halogenated alkanes) is 1. The van der Waals surface area contributed by atoms with Gasteiger partial charge in [-0.15, -0.1) is 0 Å². The molecular weight excluding hydrogens is 228 g/mol. The van der Waals surface area contributed by atoms with E-state index in [9.17, 15) is 13.2 Å². The maximum atomic E-state index is 10.9. The fourth-order valence-electron chi connectivity index (χ4n) is 0.765. The minimum absolute atomic E-state index is 0.296. The summed E-state index contributed by atoms with van der Waals surface area (Å²) in [4.78, 5) is 14.7. The van der Waals surface area contributed by atoms with Crippen LogP contribution in [0.3, 0.4) is 0 Å². The third-order valence-corrected chi connectivity index (χ3v) is 1.71. The molecule has 1 unspecified atom stereocenters. The van der Waals surface area contributed by atoms with E-state index in [-0.39, 0.29) is 0 Å². The molecule has 0 aromatic carbocycles. The molecule has 8 nitrogen and oxygen atoms in total. The maximum absolute atomic E-state index is 10.9. The first-order chi connectivity index (χ1) is 6.87. The monoisotopic (exact) mass is 242 g/mol. The Kier molecular flexibility index (Phi) is 6.36. The van der Waals surface area contributed by atoms with E-state index in [1.807, 2.05) is 0 Å². The Morgan fingerprint density at radius 3 is 2.47 bits per heavy atom. The second kappa shape index (κ2) is 6.69. The highest BCUT2D eigenvalue weighted by molar-refractivity contribution is 7.80. The minimum Gasteiger partial charge on any atom is -0.330 e. The number of nitrogens with two attached hydrogens (primary N) is 2. The van der Waals surface area contributed by atoms with E-state index in [1.165, 1.54) is 0 Å². The van der Waals surface area contributed by atoms with Crippen LogP contribution in [0.25, 0.3) is 0 Å². The molecule has 9 heteroatoms. The Morgan fingerprint density at radius 2 is 2.00 bits per heavy atom. The lowest BCUT2D eigenvalue weighted by atomic mass is 10.1. The fraction of sp³-hybridized carbons (Fsp3) is 0.833. The topological polar surface area (TPSA) is 142 Å². The molecule has 0 bridgehead atoms. The van der Waals surface area contributed by atoms with Crippen LogP contribution in [0, 0.1) is 0 Å². The molecule has 0 aliphatic heterocycles. The zero-order chi connectivity index (χ0) is 11.9. The molecule has 0 aromatic rings. The lowest BCUT2D eigenvalue weighted by molar-refractivity contribution is -0.216. The van der Waals surface area contributed by atoms with Crippen molar-refractivity contribution in [1.82, 2.24) is 0 Å². The Hall–Kier alpha value is -0.740. The molecule has 0 aliphatic carbocycles. The average molecular weight is 242 g/mol. The lowest BCUT2D eigenvalue weighted by Gasteiger charge is -2.07. The number of rotatable bonds is 7. The first-order valence-electron chi connectivity index (χ1n) is 4.20. The van der Waals surface area contributed by atoms with Crippen molar-refractivity contribution in [2.24, 2.45) is 11.5 Å². The van der Waals surface area contributed by atoms with Crippen LogP contribution in [-0.2, 0) is 24.4 Å². The number of hydrogen-bond donors (Lipinski definition) is 3. The molecule has 0 aromatic heterocycles. The summed E-state index contributed by atoms with van der Waals surface area (Å²) in [7, 11) is -4.80. The fourth-order valence-corrected chi connectivity index (χ4v) is 0.918. The quantitative estimate of drug-likeness (QED) is 0.217. The third kappa shape index (κ3) is 8.27. The third-order valence-electron chi connectivity index (χ3n) is 1.47. The Labute approximate surface area is 87.4 Å². The van der Waals surface area contributed by atoms with Gasteiger partial charge in [-0.3, -0.25) is 9.44 Å². The SMILES string of the molecule is NCCCCC(N)C(=O)OOS(=O)(=O)O. The summed E-state index contributed by atoms with van der Waals surface area (Å²) >= 11 is 0. The van der Waals surface area contributed by atoms with Gasteiger partial charge >= 0.3 is 16.4 Å². The first-order valence-corrected chi connectivity index (χ1v) is 5.56. The summed E-state index contributed by atoms with van der Waals surface area (Å²) < 4.78 is 31.5. The second-order valence-corrected chi connectivity index (χ2v) is 3.78. The molecule has 0 aliphatic rings. The summed E-state index contributed by atoms with van der Waals surface area (Å²) in [6.45, 7) is 0.475. The van der Waals surface area contributed by atoms with Gasteiger partial charge in [-0.2, -0.15) is 8.42 Å². The molecule has 90 valence electrons. The van der Waals surface area contributed by atoms with E-state index in [4.69, 9.17) is 16.0 Å². The van der Waals surface area contributed by atoms with Crippen molar-refractivity contribution in [1.29, 1.82) is 0 Å². The molecule has 0 radical (unpaired) electrons. The van der Waals surface area contributed by atoms with Crippen LogP contribution in [0.1, 0.15) is 19.3 Å². The van der Waals surface area contributed by atoms with Crippen molar-refractivity contribution >= 4 is 16.4 Å². The van der Waals surface area contributed by atoms with Gasteiger partial charge in [0, 0.05) is 0 Å². The molecule has 0 heterocycles. The van der Waals surface area contributed by atoms with Crippen molar-refractivity contribution in [3.05, 3.63) is 0 Å². The van der Waals surface area contributed by atoms with Gasteiger partial charge in [-0.05, 0) is 23.7 Å². The van der Waals surface area contributed by atoms with Crippen molar-refractivity contribution in [2.45, 2.75) is 25.3 Å². The van der Waals surface area contributed by atoms with Crippen LogP contribution < -0.4 is 11.5 Å². The van der Waals surface area contributed by atoms with E-state index >= 15 is 0 Å². The zero-order valence-electron chi connectivity index (χ0n) is 7.96. The van der Waals surface area contributed by atoms with Gasteiger partial charge in [0.05, 0.1) is 0 Å². The molecule has 0 spiro atoms. The van der Waals surface area contributed by atoms with Crippen LogP contribution in [0.15, 0.2) is 0 Å². The predicted molar refractivity (Wildman–Crippen MR) is 49.6 cm³/mol. The second-order valence-electron chi connectivity index (χ2n) is 2.79. The lowest BCUT2D eigenvalue weighted by Crippen LogP contribution is -2.32. The number of hydrogen-bond acceptors (Lipinski definition) is 7. The molecule has 0 saturated heterocycles. The van der Waals surface area contributed by atoms with Crippen molar-refractivity contribution in [2.75, 3.05) is 6.54 Å². The molecule has 1 atom stereocenters. The Balaban J connectivity index is 3.79. The average Bonchev–Trinajstić information content (AvgIpc) is 2.13. The van der Waals surface area contributed by atoms with E-state index in [2.05, 4.69) is 9.22 Å². The van der Waals surface area contributed by atoms with E-state index in [0.717, 1.165) is 0 Å². The van der Waals surface area contributed by atoms with Gasteiger partial charge in [0.15, 0.2) is 0 Å². The number of carbonyl (C=O) groups is 1. The molecule has 5 N–H and O–H groups in total. The van der Waals surface area contributed by atoms with Crippen molar-refractivity contribution < 1.29 is 27.0 Å². The van der Waals surface area contributed by atoms with Gasteiger partial charge in [-0.25, -0.2) is 4.79 Å². The van der Waals surface area contributed by atoms with Gasteiger partial charge in [-0.1, -0.05) is 6.42 Å². The normalized spacial score (nSPS) is 13.5. The van der Waals surface area contributed by atoms with Crippen LogP contribution in [0.5, 0.6) is 0 Å².